The monoisotopic (exact) mass is 130 g/mol. The molecule has 0 rings (SSSR count). The molecule has 0 aromatic rings. The molecular weight excluding hydrogens is 114 g/mol. The zero-order valence-electron chi connectivity index (χ0n) is 5.98. The van der Waals surface area contributed by atoms with Gasteiger partial charge in [0.2, 0.25) is 0 Å². The molecule has 55 valence electrons. The zero-order valence-corrected chi connectivity index (χ0v) is 5.98. The van der Waals surface area contributed by atoms with Crippen molar-refractivity contribution in [3.8, 4) is 0 Å². The summed E-state index contributed by atoms with van der Waals surface area (Å²) in [6.45, 7) is 3.71. The molecule has 0 aliphatic heterocycles. The lowest BCUT2D eigenvalue weighted by atomic mass is 10.2. The topological polar surface area (TPSA) is 50.1 Å². The number of hydrogen-bond acceptors (Lipinski definition) is 3. The second kappa shape index (κ2) is 6.01. The lowest BCUT2D eigenvalue weighted by molar-refractivity contribution is 0.574. The van der Waals surface area contributed by atoms with Gasteiger partial charge in [0.15, 0.2) is 0 Å². The van der Waals surface area contributed by atoms with E-state index in [9.17, 15) is 0 Å². The van der Waals surface area contributed by atoms with E-state index < -0.39 is 0 Å². The van der Waals surface area contributed by atoms with Gasteiger partial charge in [-0.05, 0) is 19.9 Å². The summed E-state index contributed by atoms with van der Waals surface area (Å²) >= 11 is 0. The van der Waals surface area contributed by atoms with Gasteiger partial charge in [-0.15, -0.1) is 0 Å². The van der Waals surface area contributed by atoms with Crippen molar-refractivity contribution < 1.29 is 0 Å². The van der Waals surface area contributed by atoms with Gasteiger partial charge in [0.05, 0.1) is 0 Å². The largest absolute Gasteiger partial charge is 0.328 e. The van der Waals surface area contributed by atoms with Crippen molar-refractivity contribution in [1.82, 2.24) is 10.6 Å². The van der Waals surface area contributed by atoms with E-state index in [1.165, 1.54) is 0 Å². The van der Waals surface area contributed by atoms with Gasteiger partial charge in [-0.1, -0.05) is 0 Å². The minimum absolute atomic E-state index is 0.294. The maximum absolute atomic E-state index is 5.50. The molecule has 1 unspecified atom stereocenters. The average molecular weight is 130 g/mol. The maximum atomic E-state index is 5.50. The number of nitrogens with two attached hydrogens (primary N) is 1. The third kappa shape index (κ3) is 7.88. The van der Waals surface area contributed by atoms with Crippen LogP contribution in [0.4, 0.5) is 0 Å². The van der Waals surface area contributed by atoms with Crippen LogP contribution in [-0.4, -0.2) is 19.3 Å². The van der Waals surface area contributed by atoms with E-state index in [1.54, 1.807) is 0 Å². The molecule has 0 bridgehead atoms. The van der Waals surface area contributed by atoms with Gasteiger partial charge in [-0.2, -0.15) is 0 Å². The first kappa shape index (κ1) is 8.88. The third-order valence-corrected chi connectivity index (χ3v) is 1.03. The lowest BCUT2D eigenvalue weighted by Crippen LogP contribution is -2.29. The average Bonchev–Trinajstić information content (AvgIpc) is 1.80. The van der Waals surface area contributed by atoms with E-state index in [0.717, 1.165) is 19.6 Å². The normalized spacial score (nSPS) is 13.7. The van der Waals surface area contributed by atoms with E-state index in [1.807, 2.05) is 6.92 Å². The van der Waals surface area contributed by atoms with Gasteiger partial charge < -0.3 is 16.4 Å². The van der Waals surface area contributed by atoms with Crippen LogP contribution in [-0.2, 0) is 0 Å². The highest BCUT2D eigenvalue weighted by molar-refractivity contribution is 4.54. The molecule has 4 N–H and O–H groups in total. The van der Waals surface area contributed by atoms with Crippen LogP contribution in [0.1, 0.15) is 13.3 Å². The van der Waals surface area contributed by atoms with E-state index in [-0.39, 0.29) is 0 Å². The van der Waals surface area contributed by atoms with Gasteiger partial charge >= 0.3 is 0 Å². The van der Waals surface area contributed by atoms with E-state index >= 15 is 0 Å². The summed E-state index contributed by atoms with van der Waals surface area (Å²) in [7, 11) is 3.46. The van der Waals surface area contributed by atoms with Crippen LogP contribution in [0.2, 0.25) is 0 Å². The minimum atomic E-state index is 0.294. The van der Waals surface area contributed by atoms with Gasteiger partial charge in [-0.3, -0.25) is 0 Å². The van der Waals surface area contributed by atoms with Gasteiger partial charge in [0.1, 0.15) is 0 Å². The molecule has 0 aliphatic carbocycles. The summed E-state index contributed by atoms with van der Waals surface area (Å²) in [6.07, 6.45) is 1.02. The molecule has 0 spiro atoms. The Morgan fingerprint density at radius 3 is 2.78 bits per heavy atom. The van der Waals surface area contributed by atoms with Gasteiger partial charge in [-0.25, -0.2) is 0 Å². The van der Waals surface area contributed by atoms with E-state index in [0.29, 0.717) is 6.04 Å². The second-order valence-electron chi connectivity index (χ2n) is 2.19. The molecule has 3 nitrogen and oxygen atoms in total. The highest BCUT2D eigenvalue weighted by atomic mass is 15.0. The lowest BCUT2D eigenvalue weighted by Gasteiger charge is -2.05. The molecule has 1 radical (unpaired) electrons. The van der Waals surface area contributed by atoms with Crippen LogP contribution >= 0.6 is 0 Å². The Morgan fingerprint density at radius 2 is 2.33 bits per heavy atom. The number of hydrogen-bond donors (Lipinski definition) is 3. The summed E-state index contributed by atoms with van der Waals surface area (Å²) in [5.74, 6) is 0. The molecule has 3 heteroatoms. The Hall–Kier alpha value is -0.120. The van der Waals surface area contributed by atoms with E-state index in [4.69, 9.17) is 5.73 Å². The van der Waals surface area contributed by atoms with Crippen LogP contribution in [0, 0.1) is 7.05 Å². The van der Waals surface area contributed by atoms with Crippen molar-refractivity contribution in [2.75, 3.05) is 13.2 Å². The predicted octanol–water partition coefficient (Wildman–Crippen LogP) is -0.348. The molecule has 0 aromatic heterocycles. The van der Waals surface area contributed by atoms with Gasteiger partial charge in [0, 0.05) is 19.8 Å². The maximum Gasteiger partial charge on any atom is 0.0454 e. The highest BCUT2D eigenvalue weighted by Gasteiger charge is 1.90. The standard InChI is InChI=1S/C6H16N3/c1-6(7)3-4-9-5-8-2/h6,8-9H,2-5,7H2,1H3. The quantitative estimate of drug-likeness (QED) is 0.352. The van der Waals surface area contributed by atoms with Crippen LogP contribution in [0.15, 0.2) is 0 Å². The summed E-state index contributed by atoms with van der Waals surface area (Å²) in [4.78, 5) is 0. The van der Waals surface area contributed by atoms with Gasteiger partial charge in [0.25, 0.3) is 0 Å². The zero-order chi connectivity index (χ0) is 7.11. The first-order valence-electron chi connectivity index (χ1n) is 3.23. The molecule has 0 amide bonds. The summed E-state index contributed by atoms with van der Waals surface area (Å²) in [5.41, 5.74) is 5.50. The fraction of sp³-hybridized carbons (Fsp3) is 0.833. The Bertz CT molecular complexity index is 54.3. The second-order valence-corrected chi connectivity index (χ2v) is 2.19. The highest BCUT2D eigenvalue weighted by Crippen LogP contribution is 1.80. The molecule has 0 aliphatic rings. The van der Waals surface area contributed by atoms with Crippen LogP contribution in [0.25, 0.3) is 0 Å². The predicted molar refractivity (Wildman–Crippen MR) is 39.6 cm³/mol. The third-order valence-electron chi connectivity index (χ3n) is 1.03. The Kier molecular flexibility index (Phi) is 5.93. The minimum Gasteiger partial charge on any atom is -0.328 e. The summed E-state index contributed by atoms with van der Waals surface area (Å²) in [5, 5.41) is 5.85. The molecule has 0 fully saturated rings. The first-order valence-corrected chi connectivity index (χ1v) is 3.23. The van der Waals surface area contributed by atoms with Crippen molar-refractivity contribution in [1.29, 1.82) is 0 Å². The molecule has 9 heavy (non-hydrogen) atoms. The van der Waals surface area contributed by atoms with Crippen LogP contribution < -0.4 is 16.4 Å². The van der Waals surface area contributed by atoms with Crippen molar-refractivity contribution in [2.45, 2.75) is 19.4 Å². The van der Waals surface area contributed by atoms with Crippen molar-refractivity contribution in [3.63, 3.8) is 0 Å². The van der Waals surface area contributed by atoms with Crippen molar-refractivity contribution >= 4 is 0 Å². The summed E-state index contributed by atoms with van der Waals surface area (Å²) < 4.78 is 0. The number of nitrogens with one attached hydrogen (secondary N) is 2. The molecule has 0 saturated carbocycles. The van der Waals surface area contributed by atoms with Crippen LogP contribution in [0.3, 0.4) is 0 Å². The summed E-state index contributed by atoms with van der Waals surface area (Å²) in [6, 6.07) is 0.294. The molecule has 0 heterocycles. The molecule has 0 saturated heterocycles. The van der Waals surface area contributed by atoms with Crippen molar-refractivity contribution in [2.24, 2.45) is 5.73 Å². The fourth-order valence-electron chi connectivity index (χ4n) is 0.507. The Morgan fingerprint density at radius 1 is 1.67 bits per heavy atom. The molecule has 0 aromatic carbocycles. The van der Waals surface area contributed by atoms with Crippen LogP contribution in [0.5, 0.6) is 0 Å². The van der Waals surface area contributed by atoms with Crippen molar-refractivity contribution in [3.05, 3.63) is 7.05 Å². The molecule has 1 atom stereocenters. The number of rotatable bonds is 5. The Balaban J connectivity index is 2.75. The Labute approximate surface area is 57.0 Å². The first-order chi connectivity index (χ1) is 4.27. The smallest absolute Gasteiger partial charge is 0.0454 e. The molecular formula is C6H16N3. The SMILES string of the molecule is [CH2]NCNCCC(C)N. The van der Waals surface area contributed by atoms with E-state index in [2.05, 4.69) is 17.7 Å². The fourth-order valence-corrected chi connectivity index (χ4v) is 0.507.